The molecule has 1 aliphatic rings. The molecule has 1 fully saturated rings. The Morgan fingerprint density at radius 1 is 0.743 bits per heavy atom. The number of carboxylic acid groups (broad SMARTS) is 2. The van der Waals surface area contributed by atoms with Crippen molar-refractivity contribution in [1.82, 2.24) is 10.6 Å². The summed E-state index contributed by atoms with van der Waals surface area (Å²) in [5.41, 5.74) is 10.7. The zero-order valence-electron chi connectivity index (χ0n) is 23.3. The Morgan fingerprint density at radius 2 is 0.971 bits per heavy atom. The van der Waals surface area contributed by atoms with Crippen LogP contribution in [0.2, 0.25) is 0 Å². The summed E-state index contributed by atoms with van der Waals surface area (Å²) in [6.07, 6.45) is 3.96. The predicted molar refractivity (Wildman–Crippen MR) is 139 cm³/mol. The number of hydrogen-bond acceptors (Lipinski definition) is 6. The fraction of sp³-hybridized carbons (Fsp3) is 0.917. The average Bonchev–Trinajstić information content (AvgIpc) is 2.52. The standard InChI is InChI=1S/2C9H19NO2.C6H14N2.2ClH.Pt/c2*1-8(2,3)6-9(4,5)10-7(11)12;7-5-3-1-2-4-6(5)8;;;/h2*10H,6H2,1-5H3,(H,11,12);5-6H,1-4,7-8H2;2*1H;/q;;;;;+4/p-4/t;;5-,6-;;;/m..1.../s1. The first-order chi connectivity index (χ1) is 15.5. The maximum absolute atomic E-state index is 10.3. The fourth-order valence-corrected chi connectivity index (χ4v) is 4.48. The minimum atomic E-state index is -1.20. The Balaban J connectivity index is -0.000000421. The van der Waals surface area contributed by atoms with Crippen LogP contribution in [0.3, 0.4) is 0 Å². The second kappa shape index (κ2) is 18.1. The summed E-state index contributed by atoms with van der Waals surface area (Å²) in [7, 11) is 9.75. The number of halogens is 2. The Bertz CT molecular complexity index is 545. The third-order valence-electron chi connectivity index (χ3n) is 4.70. The van der Waals surface area contributed by atoms with Gasteiger partial charge >= 0.3 is 35.3 Å². The van der Waals surface area contributed by atoms with Crippen molar-refractivity contribution in [2.75, 3.05) is 0 Å². The number of amides is 2. The molecule has 0 spiro atoms. The van der Waals surface area contributed by atoms with E-state index in [0.717, 1.165) is 25.7 Å². The second-order valence-corrected chi connectivity index (χ2v) is 16.0. The van der Waals surface area contributed by atoms with E-state index >= 15 is 0 Å². The number of nitrogens with two attached hydrogens (primary N) is 2. The van der Waals surface area contributed by atoms with Gasteiger partial charge in [-0.15, -0.1) is 0 Å². The van der Waals surface area contributed by atoms with E-state index in [9.17, 15) is 19.8 Å². The van der Waals surface area contributed by atoms with E-state index < -0.39 is 39.7 Å². The third-order valence-corrected chi connectivity index (χ3v) is 4.70. The number of carbonyl (C=O) groups is 2. The molecule has 2 atom stereocenters. The molecule has 6 N–H and O–H groups in total. The van der Waals surface area contributed by atoms with Crippen LogP contribution in [0.4, 0.5) is 9.59 Å². The Hall–Kier alpha value is -0.272. The fourth-order valence-electron chi connectivity index (χ4n) is 4.48. The molecule has 0 bridgehead atoms. The Labute approximate surface area is 230 Å². The van der Waals surface area contributed by atoms with Crippen LogP contribution in [0.1, 0.15) is 108 Å². The van der Waals surface area contributed by atoms with E-state index in [1.807, 2.05) is 27.7 Å². The summed E-state index contributed by atoms with van der Waals surface area (Å²) in [4.78, 5) is 20.6. The van der Waals surface area contributed by atoms with Crippen molar-refractivity contribution in [2.24, 2.45) is 22.3 Å². The van der Waals surface area contributed by atoms with Crippen LogP contribution in [-0.4, -0.2) is 35.3 Å². The molecule has 0 aromatic carbocycles. The molecule has 214 valence electrons. The van der Waals surface area contributed by atoms with E-state index in [4.69, 9.17) is 30.3 Å². The topological polar surface area (TPSA) is 156 Å². The van der Waals surface area contributed by atoms with Crippen molar-refractivity contribution in [3.05, 3.63) is 0 Å². The van der Waals surface area contributed by atoms with Crippen LogP contribution in [0.5, 0.6) is 0 Å². The molecule has 0 saturated heterocycles. The van der Waals surface area contributed by atoms with Gasteiger partial charge in [-0.2, -0.15) is 0 Å². The summed E-state index contributed by atoms with van der Waals surface area (Å²) < 4.78 is 0. The first-order valence-electron chi connectivity index (χ1n) is 11.8. The molecule has 0 aliphatic heterocycles. The molecule has 11 heteroatoms. The third kappa shape index (κ3) is 31.7. The molecule has 0 aromatic heterocycles. The van der Waals surface area contributed by atoms with Crippen molar-refractivity contribution in [3.63, 3.8) is 0 Å². The van der Waals surface area contributed by atoms with Gasteiger partial charge in [0.1, 0.15) is 12.2 Å². The van der Waals surface area contributed by atoms with Crippen LogP contribution in [0.25, 0.3) is 0 Å². The molecule has 1 aliphatic carbocycles. The van der Waals surface area contributed by atoms with E-state index in [2.05, 4.69) is 52.2 Å². The van der Waals surface area contributed by atoms with Crippen molar-refractivity contribution in [2.45, 2.75) is 131 Å². The molecule has 35 heavy (non-hydrogen) atoms. The summed E-state index contributed by atoms with van der Waals surface area (Å²) in [6, 6.07) is 0.562. The van der Waals surface area contributed by atoms with Crippen LogP contribution in [0.15, 0.2) is 0 Å². The van der Waals surface area contributed by atoms with Gasteiger partial charge in [0.05, 0.1) is 0 Å². The Morgan fingerprint density at radius 3 is 1.11 bits per heavy atom. The van der Waals surface area contributed by atoms with Gasteiger partial charge in [-0.3, -0.25) is 0 Å². The van der Waals surface area contributed by atoms with E-state index in [1.54, 1.807) is 0 Å². The molecular formula is C24H50Cl2N4O4Pt. The van der Waals surface area contributed by atoms with Crippen molar-refractivity contribution < 1.29 is 36.3 Å². The summed E-state index contributed by atoms with van der Waals surface area (Å²) in [6.45, 7) is 19.9. The van der Waals surface area contributed by atoms with E-state index in [1.165, 1.54) is 12.8 Å². The number of nitrogens with one attached hydrogen (secondary N) is 2. The zero-order valence-corrected chi connectivity index (χ0v) is 27.0. The molecular weight excluding hydrogens is 674 g/mol. The average molecular weight is 725 g/mol. The molecule has 8 nitrogen and oxygen atoms in total. The van der Waals surface area contributed by atoms with Crippen LogP contribution in [0, 0.1) is 10.8 Å². The van der Waals surface area contributed by atoms with Gasteiger partial charge in [-0.25, -0.2) is 0 Å². The summed E-state index contributed by atoms with van der Waals surface area (Å²) in [5, 5.41) is 25.3. The summed E-state index contributed by atoms with van der Waals surface area (Å²) in [5.74, 6) is 0. The SMILES string of the molecule is CC(C)(C)CC(C)(C)NC(=O)[O-].CC(C)(C)CC(C)(C)NC(=O)[O-].N[C@@H]1CCCC[C@H]1N.[Cl][Pt+2][Cl]. The van der Waals surface area contributed by atoms with Crippen LogP contribution < -0.4 is 32.3 Å². The van der Waals surface area contributed by atoms with Crippen LogP contribution >= 0.6 is 18.8 Å². The van der Waals surface area contributed by atoms with Gasteiger partial charge < -0.3 is 41.9 Å². The van der Waals surface area contributed by atoms with Gasteiger partial charge in [0.25, 0.3) is 0 Å². The van der Waals surface area contributed by atoms with Gasteiger partial charge in [0.15, 0.2) is 0 Å². The van der Waals surface area contributed by atoms with Gasteiger partial charge in [0.2, 0.25) is 0 Å². The minimum absolute atomic E-state index is 0.117. The normalized spacial score (nSPS) is 18.5. The summed E-state index contributed by atoms with van der Waals surface area (Å²) >= 11 is -0.472. The second-order valence-electron chi connectivity index (χ2n) is 12.7. The predicted octanol–water partition coefficient (Wildman–Crippen LogP) is 3.86. The number of rotatable bonds is 4. The Kier molecular flexibility index (Phi) is 20.2. The molecule has 1 saturated carbocycles. The maximum atomic E-state index is 10.3. The number of carbonyl (C=O) groups excluding carboxylic acids is 2. The monoisotopic (exact) mass is 723 g/mol. The molecule has 0 unspecified atom stereocenters. The molecule has 0 radical (unpaired) electrons. The first kappa shape index (κ1) is 39.2. The van der Waals surface area contributed by atoms with Gasteiger partial charge in [0, 0.05) is 23.2 Å². The molecule has 1 rings (SSSR count). The zero-order chi connectivity index (χ0) is 28.7. The van der Waals surface area contributed by atoms with Crippen molar-refractivity contribution >= 4 is 31.0 Å². The molecule has 0 aromatic rings. The molecule has 2 amide bonds. The van der Waals surface area contributed by atoms with E-state index in [0.29, 0.717) is 0 Å². The first-order valence-corrected chi connectivity index (χ1v) is 17.4. The number of hydrogen-bond donors (Lipinski definition) is 4. The quantitative estimate of drug-likeness (QED) is 0.345. The van der Waals surface area contributed by atoms with Gasteiger partial charge in [-0.05, 0) is 64.2 Å². The van der Waals surface area contributed by atoms with Crippen LogP contribution in [-0.2, 0) is 16.5 Å². The molecule has 0 heterocycles. The van der Waals surface area contributed by atoms with E-state index in [-0.39, 0.29) is 22.9 Å². The van der Waals surface area contributed by atoms with Crippen molar-refractivity contribution in [3.8, 4) is 0 Å². The van der Waals surface area contributed by atoms with Gasteiger partial charge in [-0.1, -0.05) is 54.4 Å². The van der Waals surface area contributed by atoms with Crippen molar-refractivity contribution in [1.29, 1.82) is 0 Å².